The first-order valence-electron chi connectivity index (χ1n) is 5.14. The second-order valence-corrected chi connectivity index (χ2v) is 6.54. The summed E-state index contributed by atoms with van der Waals surface area (Å²) in [5.41, 5.74) is 0.710. The number of hydrogen-bond acceptors (Lipinski definition) is 5. The maximum absolute atomic E-state index is 11.7. The van der Waals surface area contributed by atoms with Crippen LogP contribution >= 0.6 is 0 Å². The second-order valence-electron chi connectivity index (χ2n) is 3.59. The van der Waals surface area contributed by atoms with Crippen molar-refractivity contribution in [3.05, 3.63) is 35.4 Å². The lowest BCUT2D eigenvalue weighted by Gasteiger charge is -2.28. The van der Waals surface area contributed by atoms with E-state index in [9.17, 15) is 4.79 Å². The Kier molecular flexibility index (Phi) is 3.30. The van der Waals surface area contributed by atoms with Gasteiger partial charge in [-0.2, -0.15) is 0 Å². The fraction of sp³-hybridized carbons (Fsp3) is 0.364. The van der Waals surface area contributed by atoms with Crippen LogP contribution in [0.2, 0.25) is 0 Å². The van der Waals surface area contributed by atoms with Crippen LogP contribution in [0.25, 0.3) is 0 Å². The SMILES string of the molecule is CO[Si](OC)(OC)C1OC(=O)c2ccccc21. The molecule has 17 heavy (non-hydrogen) atoms. The first kappa shape index (κ1) is 12.2. The molecule has 1 atom stereocenters. The van der Waals surface area contributed by atoms with Crippen molar-refractivity contribution in [1.82, 2.24) is 0 Å². The van der Waals surface area contributed by atoms with Crippen molar-refractivity contribution in [1.29, 1.82) is 0 Å². The fourth-order valence-corrected chi connectivity index (χ4v) is 4.01. The molecule has 0 amide bonds. The largest absolute Gasteiger partial charge is 0.548 e. The van der Waals surface area contributed by atoms with Crippen LogP contribution in [-0.4, -0.2) is 36.1 Å². The van der Waals surface area contributed by atoms with E-state index in [2.05, 4.69) is 0 Å². The van der Waals surface area contributed by atoms with Gasteiger partial charge in [-0.1, -0.05) is 18.2 Å². The van der Waals surface area contributed by atoms with Crippen molar-refractivity contribution in [3.63, 3.8) is 0 Å². The average Bonchev–Trinajstić information content (AvgIpc) is 2.72. The van der Waals surface area contributed by atoms with Crippen LogP contribution in [0.4, 0.5) is 0 Å². The van der Waals surface area contributed by atoms with Crippen LogP contribution in [0.5, 0.6) is 0 Å². The smallest absolute Gasteiger partial charge is 0.449 e. The lowest BCUT2D eigenvalue weighted by molar-refractivity contribution is 0.0212. The van der Waals surface area contributed by atoms with Crippen LogP contribution in [0, 0.1) is 0 Å². The van der Waals surface area contributed by atoms with Crippen molar-refractivity contribution in [2.24, 2.45) is 0 Å². The number of hydrogen-bond donors (Lipinski definition) is 0. The second kappa shape index (κ2) is 4.57. The van der Waals surface area contributed by atoms with Gasteiger partial charge in [0.25, 0.3) is 0 Å². The summed E-state index contributed by atoms with van der Waals surface area (Å²) in [7, 11) is 1.46. The zero-order valence-electron chi connectivity index (χ0n) is 9.93. The van der Waals surface area contributed by atoms with Crippen LogP contribution in [-0.2, 0) is 18.0 Å². The van der Waals surface area contributed by atoms with E-state index in [0.717, 1.165) is 5.56 Å². The Bertz CT molecular complexity index is 421. The number of cyclic esters (lactones) is 1. The van der Waals surface area contributed by atoms with Gasteiger partial charge >= 0.3 is 14.8 Å². The molecule has 92 valence electrons. The van der Waals surface area contributed by atoms with Gasteiger partial charge in [0.2, 0.25) is 0 Å². The summed E-state index contributed by atoms with van der Waals surface area (Å²) < 4.78 is 21.3. The Balaban J connectivity index is 2.46. The summed E-state index contributed by atoms with van der Waals surface area (Å²) >= 11 is 0. The number of benzene rings is 1. The molecule has 0 bridgehead atoms. The number of carbonyl (C=O) groups excluding carboxylic acids is 1. The minimum Gasteiger partial charge on any atom is -0.449 e. The van der Waals surface area contributed by atoms with Gasteiger partial charge in [0.15, 0.2) is 5.73 Å². The van der Waals surface area contributed by atoms with E-state index in [-0.39, 0.29) is 5.97 Å². The third-order valence-corrected chi connectivity index (χ3v) is 5.64. The third kappa shape index (κ3) is 1.79. The van der Waals surface area contributed by atoms with Crippen molar-refractivity contribution < 1.29 is 22.8 Å². The molecule has 0 saturated heterocycles. The Hall–Kier alpha value is -1.21. The van der Waals surface area contributed by atoms with Gasteiger partial charge < -0.3 is 18.0 Å². The highest BCUT2D eigenvalue weighted by Crippen LogP contribution is 2.37. The highest BCUT2D eigenvalue weighted by atomic mass is 28.4. The third-order valence-electron chi connectivity index (χ3n) is 2.86. The molecule has 6 heteroatoms. The molecule has 0 N–H and O–H groups in total. The minimum absolute atomic E-state index is 0.367. The van der Waals surface area contributed by atoms with Crippen molar-refractivity contribution in [3.8, 4) is 0 Å². The summed E-state index contributed by atoms with van der Waals surface area (Å²) in [6.07, 6.45) is 0. The van der Waals surface area contributed by atoms with Gasteiger partial charge in [-0.25, -0.2) is 4.79 Å². The van der Waals surface area contributed by atoms with Gasteiger partial charge in [-0.05, 0) is 6.07 Å². The molecule has 2 rings (SSSR count). The van der Waals surface area contributed by atoms with E-state index in [1.165, 1.54) is 21.3 Å². The molecule has 1 aromatic rings. The zero-order valence-corrected chi connectivity index (χ0v) is 10.9. The van der Waals surface area contributed by atoms with E-state index < -0.39 is 14.5 Å². The predicted octanol–water partition coefficient (Wildman–Crippen LogP) is 1.32. The fourth-order valence-electron chi connectivity index (χ4n) is 1.98. The molecule has 5 nitrogen and oxygen atoms in total. The van der Waals surface area contributed by atoms with Crippen LogP contribution < -0.4 is 0 Å². The molecular weight excluding hydrogens is 240 g/mol. The van der Waals surface area contributed by atoms with E-state index >= 15 is 0 Å². The van der Waals surface area contributed by atoms with E-state index in [1.54, 1.807) is 12.1 Å². The number of ether oxygens (including phenoxy) is 1. The summed E-state index contributed by atoms with van der Waals surface area (Å²) in [6, 6.07) is 7.17. The normalized spacial score (nSPS) is 19.0. The maximum Gasteiger partial charge on any atom is 0.548 e. The first-order valence-corrected chi connectivity index (χ1v) is 6.94. The lowest BCUT2D eigenvalue weighted by Crippen LogP contribution is -2.49. The molecule has 0 fully saturated rings. The summed E-state index contributed by atoms with van der Waals surface area (Å²) in [5, 5.41) is 0. The zero-order chi connectivity index (χ0) is 12.5. The van der Waals surface area contributed by atoms with Gasteiger partial charge in [-0.3, -0.25) is 0 Å². The lowest BCUT2D eigenvalue weighted by atomic mass is 10.1. The molecule has 0 saturated carbocycles. The van der Waals surface area contributed by atoms with Gasteiger partial charge in [-0.15, -0.1) is 0 Å². The Labute approximate surface area is 101 Å². The molecule has 0 aromatic heterocycles. The topological polar surface area (TPSA) is 54.0 Å². The molecule has 0 spiro atoms. The number of fused-ring (bicyclic) bond motifs is 1. The monoisotopic (exact) mass is 254 g/mol. The summed E-state index contributed by atoms with van der Waals surface area (Å²) in [6.45, 7) is 0. The maximum atomic E-state index is 11.7. The average molecular weight is 254 g/mol. The predicted molar refractivity (Wildman–Crippen MR) is 61.4 cm³/mol. The quantitative estimate of drug-likeness (QED) is 0.599. The van der Waals surface area contributed by atoms with Gasteiger partial charge in [0, 0.05) is 26.9 Å². The molecule has 1 heterocycles. The molecule has 1 aliphatic heterocycles. The summed E-state index contributed by atoms with van der Waals surface area (Å²) in [4.78, 5) is 11.7. The van der Waals surface area contributed by atoms with Crippen LogP contribution in [0.1, 0.15) is 21.6 Å². The minimum atomic E-state index is -3.02. The molecule has 0 radical (unpaired) electrons. The highest BCUT2D eigenvalue weighted by Gasteiger charge is 2.55. The molecular formula is C11H14O5Si. The van der Waals surface area contributed by atoms with Crippen molar-refractivity contribution in [2.45, 2.75) is 5.73 Å². The Morgan fingerprint density at radius 2 is 1.71 bits per heavy atom. The van der Waals surface area contributed by atoms with Crippen molar-refractivity contribution in [2.75, 3.05) is 21.3 Å². The van der Waals surface area contributed by atoms with Gasteiger partial charge in [0.1, 0.15) is 0 Å². The van der Waals surface area contributed by atoms with Crippen LogP contribution in [0.3, 0.4) is 0 Å². The molecule has 1 unspecified atom stereocenters. The number of carbonyl (C=O) groups is 1. The standard InChI is InChI=1S/C11H14O5Si/c1-13-17(14-2,15-3)11-9-7-5-4-6-8(9)10(12)16-11/h4-7,11H,1-3H3. The molecule has 1 aliphatic rings. The Morgan fingerprint density at radius 3 is 2.29 bits per heavy atom. The van der Waals surface area contributed by atoms with Crippen molar-refractivity contribution >= 4 is 14.8 Å². The number of esters is 1. The summed E-state index contributed by atoms with van der Waals surface area (Å²) in [5.74, 6) is -0.367. The van der Waals surface area contributed by atoms with E-state index in [1.807, 2.05) is 12.1 Å². The van der Waals surface area contributed by atoms with Gasteiger partial charge in [0.05, 0.1) is 5.56 Å². The highest BCUT2D eigenvalue weighted by molar-refractivity contribution is 6.62. The number of rotatable bonds is 4. The van der Waals surface area contributed by atoms with E-state index in [4.69, 9.17) is 18.0 Å². The molecule has 0 aliphatic carbocycles. The Morgan fingerprint density at radius 1 is 1.12 bits per heavy atom. The molecule has 1 aromatic carbocycles. The van der Waals surface area contributed by atoms with Crippen LogP contribution in [0.15, 0.2) is 24.3 Å². The van der Waals surface area contributed by atoms with E-state index in [0.29, 0.717) is 5.56 Å². The first-order chi connectivity index (χ1) is 8.18.